The molecule has 1 aliphatic rings. The Morgan fingerprint density at radius 1 is 1.19 bits per heavy atom. The Morgan fingerprint density at radius 2 is 1.86 bits per heavy atom. The Hall–Kier alpha value is -1.71. The standard InChI is InChI=1S/C13H17NO7/c14-12(19)6-3-1-2-4-7(6)20-13-11(18)10(17)9(16)8(5-15)21-13/h1-4,8-11,13,15-18H,5H2,(H2,14,19). The minimum absolute atomic E-state index is 0.0642. The number of hydrogen-bond acceptors (Lipinski definition) is 7. The second kappa shape index (κ2) is 6.37. The van der Waals surface area contributed by atoms with Gasteiger partial charge in [-0.3, -0.25) is 4.79 Å². The molecule has 0 aliphatic carbocycles. The van der Waals surface area contributed by atoms with Gasteiger partial charge in [-0.1, -0.05) is 12.1 Å². The zero-order valence-electron chi connectivity index (χ0n) is 11.0. The maximum absolute atomic E-state index is 11.3. The number of para-hydroxylation sites is 1. The summed E-state index contributed by atoms with van der Waals surface area (Å²) in [7, 11) is 0. The molecule has 0 aromatic heterocycles. The topological polar surface area (TPSA) is 142 Å². The van der Waals surface area contributed by atoms with Gasteiger partial charge >= 0.3 is 0 Å². The smallest absolute Gasteiger partial charge is 0.252 e. The lowest BCUT2D eigenvalue weighted by Crippen LogP contribution is -2.60. The summed E-state index contributed by atoms with van der Waals surface area (Å²) in [5.41, 5.74) is 5.28. The van der Waals surface area contributed by atoms with E-state index in [1.54, 1.807) is 12.1 Å². The highest BCUT2D eigenvalue weighted by molar-refractivity contribution is 5.95. The summed E-state index contributed by atoms with van der Waals surface area (Å²) in [6.07, 6.45) is -7.03. The van der Waals surface area contributed by atoms with E-state index in [1.807, 2.05) is 0 Å². The molecular formula is C13H17NO7. The van der Waals surface area contributed by atoms with Gasteiger partial charge in [0, 0.05) is 0 Å². The Balaban J connectivity index is 2.20. The Kier molecular flexibility index (Phi) is 4.76. The molecule has 21 heavy (non-hydrogen) atoms. The normalized spacial score (nSPS) is 32.7. The van der Waals surface area contributed by atoms with Gasteiger partial charge < -0.3 is 35.6 Å². The molecule has 0 radical (unpaired) electrons. The van der Waals surface area contributed by atoms with E-state index in [4.69, 9.17) is 20.3 Å². The minimum Gasteiger partial charge on any atom is -0.461 e. The van der Waals surface area contributed by atoms with Gasteiger partial charge in [0.05, 0.1) is 12.2 Å². The van der Waals surface area contributed by atoms with Crippen LogP contribution in [-0.4, -0.2) is 63.6 Å². The van der Waals surface area contributed by atoms with Gasteiger partial charge in [0.15, 0.2) is 0 Å². The molecule has 0 saturated carbocycles. The summed E-state index contributed by atoms with van der Waals surface area (Å²) >= 11 is 0. The van der Waals surface area contributed by atoms with Crippen LogP contribution in [0.15, 0.2) is 24.3 Å². The van der Waals surface area contributed by atoms with Crippen LogP contribution in [0.5, 0.6) is 5.75 Å². The first-order valence-corrected chi connectivity index (χ1v) is 6.31. The van der Waals surface area contributed by atoms with Crippen LogP contribution < -0.4 is 10.5 Å². The SMILES string of the molecule is NC(=O)c1ccccc1OC1OC(CO)C(O)C(O)C1O. The average molecular weight is 299 g/mol. The quantitative estimate of drug-likeness (QED) is 0.431. The third-order valence-electron chi connectivity index (χ3n) is 3.24. The number of ether oxygens (including phenoxy) is 2. The molecule has 1 aromatic rings. The molecule has 1 aromatic carbocycles. The van der Waals surface area contributed by atoms with Gasteiger partial charge in [-0.15, -0.1) is 0 Å². The summed E-state index contributed by atoms with van der Waals surface area (Å²) in [6.45, 7) is -0.567. The predicted molar refractivity (Wildman–Crippen MR) is 69.4 cm³/mol. The summed E-state index contributed by atoms with van der Waals surface area (Å²) in [6, 6.07) is 6.05. The van der Waals surface area contributed by atoms with Crippen molar-refractivity contribution in [1.29, 1.82) is 0 Å². The molecule has 1 amide bonds. The van der Waals surface area contributed by atoms with Crippen LogP contribution in [0, 0.1) is 0 Å². The molecule has 5 unspecified atom stereocenters. The molecule has 1 saturated heterocycles. The molecule has 8 nitrogen and oxygen atoms in total. The van der Waals surface area contributed by atoms with Crippen LogP contribution in [-0.2, 0) is 4.74 Å². The van der Waals surface area contributed by atoms with Crippen molar-refractivity contribution in [2.75, 3.05) is 6.61 Å². The summed E-state index contributed by atoms with van der Waals surface area (Å²) in [5.74, 6) is -0.662. The first-order valence-electron chi connectivity index (χ1n) is 6.31. The molecule has 6 N–H and O–H groups in total. The Labute approximate surface area is 120 Å². The third-order valence-corrected chi connectivity index (χ3v) is 3.24. The fraction of sp³-hybridized carbons (Fsp3) is 0.462. The number of benzene rings is 1. The molecule has 5 atom stereocenters. The highest BCUT2D eigenvalue weighted by Gasteiger charge is 2.44. The van der Waals surface area contributed by atoms with Crippen LogP contribution in [0.3, 0.4) is 0 Å². The molecule has 2 rings (SSSR count). The Morgan fingerprint density at radius 3 is 2.48 bits per heavy atom. The molecule has 1 heterocycles. The van der Waals surface area contributed by atoms with E-state index in [2.05, 4.69) is 0 Å². The fourth-order valence-corrected chi connectivity index (χ4v) is 2.06. The van der Waals surface area contributed by atoms with Crippen molar-refractivity contribution < 1.29 is 34.7 Å². The van der Waals surface area contributed by atoms with E-state index in [1.165, 1.54) is 12.1 Å². The van der Waals surface area contributed by atoms with Gasteiger partial charge in [0.2, 0.25) is 6.29 Å². The maximum atomic E-state index is 11.3. The predicted octanol–water partition coefficient (Wildman–Crippen LogP) is -2.04. The van der Waals surface area contributed by atoms with E-state index in [9.17, 15) is 20.1 Å². The molecule has 8 heteroatoms. The van der Waals surface area contributed by atoms with E-state index in [0.717, 1.165) is 0 Å². The molecule has 1 fully saturated rings. The molecular weight excluding hydrogens is 282 g/mol. The zero-order valence-corrected chi connectivity index (χ0v) is 11.0. The number of primary amides is 1. The van der Waals surface area contributed by atoms with Gasteiger partial charge in [0.25, 0.3) is 5.91 Å². The highest BCUT2D eigenvalue weighted by atomic mass is 16.7. The number of aliphatic hydroxyl groups excluding tert-OH is 4. The van der Waals surface area contributed by atoms with Crippen molar-refractivity contribution in [3.8, 4) is 5.75 Å². The zero-order chi connectivity index (χ0) is 15.6. The maximum Gasteiger partial charge on any atom is 0.252 e. The number of nitrogens with two attached hydrogens (primary N) is 1. The highest BCUT2D eigenvalue weighted by Crippen LogP contribution is 2.26. The largest absolute Gasteiger partial charge is 0.461 e. The summed E-state index contributed by atoms with van der Waals surface area (Å²) in [5, 5.41) is 38.3. The van der Waals surface area contributed by atoms with Crippen molar-refractivity contribution in [3.63, 3.8) is 0 Å². The molecule has 116 valence electrons. The lowest BCUT2D eigenvalue weighted by atomic mass is 9.99. The van der Waals surface area contributed by atoms with Crippen molar-refractivity contribution in [1.82, 2.24) is 0 Å². The average Bonchev–Trinajstić information content (AvgIpc) is 2.48. The second-order valence-electron chi connectivity index (χ2n) is 4.68. The first-order chi connectivity index (χ1) is 9.95. The molecule has 0 bridgehead atoms. The number of rotatable bonds is 4. The van der Waals surface area contributed by atoms with E-state index in [0.29, 0.717) is 0 Å². The second-order valence-corrected chi connectivity index (χ2v) is 4.68. The van der Waals surface area contributed by atoms with Crippen molar-refractivity contribution in [2.45, 2.75) is 30.7 Å². The first kappa shape index (κ1) is 15.7. The number of carbonyl (C=O) groups excluding carboxylic acids is 1. The van der Waals surface area contributed by atoms with Crippen LogP contribution in [0.4, 0.5) is 0 Å². The van der Waals surface area contributed by atoms with Crippen LogP contribution >= 0.6 is 0 Å². The summed E-state index contributed by atoms with van der Waals surface area (Å²) in [4.78, 5) is 11.3. The van der Waals surface area contributed by atoms with Crippen molar-refractivity contribution in [3.05, 3.63) is 29.8 Å². The minimum atomic E-state index is -1.55. The lowest BCUT2D eigenvalue weighted by molar-refractivity contribution is -0.277. The number of carbonyl (C=O) groups is 1. The van der Waals surface area contributed by atoms with E-state index >= 15 is 0 Å². The number of aliphatic hydroxyl groups is 4. The third kappa shape index (κ3) is 3.14. The lowest BCUT2D eigenvalue weighted by Gasteiger charge is -2.39. The van der Waals surface area contributed by atoms with Gasteiger partial charge in [-0.05, 0) is 12.1 Å². The summed E-state index contributed by atoms with van der Waals surface area (Å²) < 4.78 is 10.5. The monoisotopic (exact) mass is 299 g/mol. The number of hydrogen-bond donors (Lipinski definition) is 5. The van der Waals surface area contributed by atoms with Crippen LogP contribution in [0.2, 0.25) is 0 Å². The number of amides is 1. The fourth-order valence-electron chi connectivity index (χ4n) is 2.06. The van der Waals surface area contributed by atoms with Crippen LogP contribution in [0.25, 0.3) is 0 Å². The van der Waals surface area contributed by atoms with Crippen molar-refractivity contribution >= 4 is 5.91 Å². The molecule has 1 aliphatic heterocycles. The van der Waals surface area contributed by atoms with Crippen molar-refractivity contribution in [2.24, 2.45) is 5.73 Å². The van der Waals surface area contributed by atoms with E-state index in [-0.39, 0.29) is 11.3 Å². The molecule has 0 spiro atoms. The van der Waals surface area contributed by atoms with Crippen LogP contribution in [0.1, 0.15) is 10.4 Å². The van der Waals surface area contributed by atoms with Gasteiger partial charge in [-0.25, -0.2) is 0 Å². The van der Waals surface area contributed by atoms with E-state index < -0.39 is 43.2 Å². The Bertz CT molecular complexity index is 507. The van der Waals surface area contributed by atoms with Gasteiger partial charge in [-0.2, -0.15) is 0 Å². The van der Waals surface area contributed by atoms with Gasteiger partial charge in [0.1, 0.15) is 30.2 Å².